The molecule has 1 aromatic carbocycles. The summed E-state index contributed by atoms with van der Waals surface area (Å²) in [4.78, 5) is 22.3. The van der Waals surface area contributed by atoms with Gasteiger partial charge in [-0.2, -0.15) is 0 Å². The van der Waals surface area contributed by atoms with Crippen molar-refractivity contribution in [1.29, 1.82) is 0 Å². The molecule has 1 heterocycles. The lowest BCUT2D eigenvalue weighted by molar-refractivity contribution is 0.0696. The van der Waals surface area contributed by atoms with E-state index in [1.54, 1.807) is 0 Å². The van der Waals surface area contributed by atoms with Crippen LogP contribution in [-0.4, -0.2) is 17.0 Å². The van der Waals surface area contributed by atoms with Gasteiger partial charge in [0.1, 0.15) is 5.82 Å². The van der Waals surface area contributed by atoms with E-state index in [4.69, 9.17) is 21.1 Å². The second kappa shape index (κ2) is 5.11. The lowest BCUT2D eigenvalue weighted by Crippen LogP contribution is -2.12. The molecule has 7 heteroatoms. The smallest absolute Gasteiger partial charge is 0.335 e. The van der Waals surface area contributed by atoms with Crippen molar-refractivity contribution >= 4 is 29.2 Å². The lowest BCUT2D eigenvalue weighted by atomic mass is 10.2. The average molecular weight is 284 g/mol. The van der Waals surface area contributed by atoms with Crippen LogP contribution in [-0.2, 0) is 0 Å². The van der Waals surface area contributed by atoms with Gasteiger partial charge in [0, 0.05) is 0 Å². The van der Waals surface area contributed by atoms with Gasteiger partial charge in [-0.25, -0.2) is 9.18 Å². The molecule has 2 rings (SSSR count). The summed E-state index contributed by atoms with van der Waals surface area (Å²) >= 11 is 5.51. The maximum atomic E-state index is 13.6. The summed E-state index contributed by atoms with van der Waals surface area (Å²) in [5.41, 5.74) is -0.362. The van der Waals surface area contributed by atoms with Gasteiger partial charge >= 0.3 is 5.97 Å². The number of hydrogen-bond acceptors (Lipinski definition) is 3. The Morgan fingerprint density at radius 2 is 2.00 bits per heavy atom. The van der Waals surface area contributed by atoms with Gasteiger partial charge in [0.2, 0.25) is 0 Å². The Labute approximate surface area is 111 Å². The van der Waals surface area contributed by atoms with Gasteiger partial charge in [0.25, 0.3) is 5.91 Å². The highest BCUT2D eigenvalue weighted by Gasteiger charge is 2.14. The quantitative estimate of drug-likeness (QED) is 0.907. The number of carboxylic acids is 1. The first kappa shape index (κ1) is 13.1. The first-order chi connectivity index (χ1) is 8.97. The number of halogens is 2. The first-order valence-electron chi connectivity index (χ1n) is 5.07. The molecule has 0 unspecified atom stereocenters. The zero-order chi connectivity index (χ0) is 14.0. The van der Waals surface area contributed by atoms with Crippen LogP contribution in [0, 0.1) is 5.82 Å². The fourth-order valence-corrected chi connectivity index (χ4v) is 1.52. The molecule has 0 saturated carbocycles. The molecule has 0 radical (unpaired) electrons. The SMILES string of the molecule is O=C(O)c1ccc(NC(=O)c2ccc(Cl)o2)c(F)c1. The Bertz CT molecular complexity index is 653. The summed E-state index contributed by atoms with van der Waals surface area (Å²) in [6.45, 7) is 0. The number of nitrogens with one attached hydrogen (secondary N) is 1. The lowest BCUT2D eigenvalue weighted by Gasteiger charge is -2.05. The van der Waals surface area contributed by atoms with Crippen LogP contribution in [0.1, 0.15) is 20.9 Å². The van der Waals surface area contributed by atoms with E-state index in [-0.39, 0.29) is 22.2 Å². The van der Waals surface area contributed by atoms with Crippen LogP contribution >= 0.6 is 11.6 Å². The number of amides is 1. The van der Waals surface area contributed by atoms with Crippen LogP contribution in [0.4, 0.5) is 10.1 Å². The molecule has 5 nitrogen and oxygen atoms in total. The molecule has 0 spiro atoms. The summed E-state index contributed by atoms with van der Waals surface area (Å²) in [6.07, 6.45) is 0. The molecule has 0 fully saturated rings. The third-order valence-corrected chi connectivity index (χ3v) is 2.46. The maximum Gasteiger partial charge on any atom is 0.335 e. The van der Waals surface area contributed by atoms with Gasteiger partial charge in [0.15, 0.2) is 11.0 Å². The van der Waals surface area contributed by atoms with E-state index in [0.29, 0.717) is 0 Å². The van der Waals surface area contributed by atoms with Crippen LogP contribution in [0.15, 0.2) is 34.7 Å². The molecule has 2 aromatic rings. The summed E-state index contributed by atoms with van der Waals surface area (Å²) in [7, 11) is 0. The van der Waals surface area contributed by atoms with Crippen LogP contribution < -0.4 is 5.32 Å². The average Bonchev–Trinajstić information content (AvgIpc) is 2.78. The number of aromatic carboxylic acids is 1. The van der Waals surface area contributed by atoms with Crippen molar-refractivity contribution in [3.8, 4) is 0 Å². The molecule has 0 saturated heterocycles. The Morgan fingerprint density at radius 3 is 2.53 bits per heavy atom. The highest BCUT2D eigenvalue weighted by atomic mass is 35.5. The van der Waals surface area contributed by atoms with Gasteiger partial charge < -0.3 is 14.8 Å². The molecule has 1 amide bonds. The highest BCUT2D eigenvalue weighted by molar-refractivity contribution is 6.29. The van der Waals surface area contributed by atoms with E-state index in [1.165, 1.54) is 18.2 Å². The fourth-order valence-electron chi connectivity index (χ4n) is 1.37. The number of furan rings is 1. The summed E-state index contributed by atoms with van der Waals surface area (Å²) in [5.74, 6) is -2.87. The molecule has 2 N–H and O–H groups in total. The van der Waals surface area contributed by atoms with Gasteiger partial charge in [-0.3, -0.25) is 4.79 Å². The van der Waals surface area contributed by atoms with Crippen molar-refractivity contribution < 1.29 is 23.5 Å². The second-order valence-electron chi connectivity index (χ2n) is 3.56. The van der Waals surface area contributed by atoms with Crippen molar-refractivity contribution in [1.82, 2.24) is 0 Å². The highest BCUT2D eigenvalue weighted by Crippen LogP contribution is 2.18. The summed E-state index contributed by atoms with van der Waals surface area (Å²) in [5, 5.41) is 11.0. The molecule has 0 aliphatic rings. The van der Waals surface area contributed by atoms with E-state index in [0.717, 1.165) is 12.1 Å². The van der Waals surface area contributed by atoms with Crippen molar-refractivity contribution in [3.63, 3.8) is 0 Å². The fraction of sp³-hybridized carbons (Fsp3) is 0. The molecule has 0 aliphatic heterocycles. The minimum Gasteiger partial charge on any atom is -0.478 e. The molecule has 98 valence electrons. The Balaban J connectivity index is 2.20. The summed E-state index contributed by atoms with van der Waals surface area (Å²) in [6, 6.07) is 5.85. The third-order valence-electron chi connectivity index (χ3n) is 2.26. The van der Waals surface area contributed by atoms with E-state index < -0.39 is 17.7 Å². The Kier molecular flexibility index (Phi) is 3.52. The minimum atomic E-state index is -1.26. The molecule has 1 aromatic heterocycles. The Morgan fingerprint density at radius 1 is 1.26 bits per heavy atom. The largest absolute Gasteiger partial charge is 0.478 e. The van der Waals surface area contributed by atoms with Gasteiger partial charge in [0.05, 0.1) is 11.3 Å². The van der Waals surface area contributed by atoms with E-state index in [1.807, 2.05) is 0 Å². The van der Waals surface area contributed by atoms with Crippen molar-refractivity contribution in [2.75, 3.05) is 5.32 Å². The van der Waals surface area contributed by atoms with Crippen molar-refractivity contribution in [2.45, 2.75) is 0 Å². The standard InChI is InChI=1S/C12H7ClFNO4/c13-10-4-3-9(19-10)11(16)15-8-2-1-6(12(17)18)5-7(8)14/h1-5H,(H,15,16)(H,17,18). The normalized spacial score (nSPS) is 10.2. The molecule has 19 heavy (non-hydrogen) atoms. The number of benzene rings is 1. The van der Waals surface area contributed by atoms with Crippen molar-refractivity contribution in [2.24, 2.45) is 0 Å². The number of carbonyl (C=O) groups excluding carboxylic acids is 1. The van der Waals surface area contributed by atoms with Gasteiger partial charge in [-0.05, 0) is 41.9 Å². The van der Waals surface area contributed by atoms with Gasteiger partial charge in [-0.1, -0.05) is 0 Å². The third kappa shape index (κ3) is 2.92. The molecule has 0 atom stereocenters. The van der Waals surface area contributed by atoms with Crippen LogP contribution in [0.2, 0.25) is 5.22 Å². The minimum absolute atomic E-state index is 0.0341. The van der Waals surface area contributed by atoms with Crippen molar-refractivity contribution in [3.05, 3.63) is 52.7 Å². The zero-order valence-electron chi connectivity index (χ0n) is 9.31. The van der Waals surface area contributed by atoms with E-state index in [9.17, 15) is 14.0 Å². The number of carbonyl (C=O) groups is 2. The molecular formula is C12H7ClFNO4. The number of rotatable bonds is 3. The monoisotopic (exact) mass is 283 g/mol. The van der Waals surface area contributed by atoms with Crippen LogP contribution in [0.3, 0.4) is 0 Å². The molecule has 0 bridgehead atoms. The Hall–Kier alpha value is -2.34. The molecule has 0 aliphatic carbocycles. The maximum absolute atomic E-state index is 13.6. The first-order valence-corrected chi connectivity index (χ1v) is 5.44. The second-order valence-corrected chi connectivity index (χ2v) is 3.93. The predicted molar refractivity (Wildman–Crippen MR) is 65.0 cm³/mol. The van der Waals surface area contributed by atoms with Crippen LogP contribution in [0.5, 0.6) is 0 Å². The zero-order valence-corrected chi connectivity index (χ0v) is 10.1. The number of hydrogen-bond donors (Lipinski definition) is 2. The predicted octanol–water partition coefficient (Wildman–Crippen LogP) is 3.02. The molecular weight excluding hydrogens is 277 g/mol. The van der Waals surface area contributed by atoms with E-state index in [2.05, 4.69) is 5.32 Å². The topological polar surface area (TPSA) is 79.5 Å². The van der Waals surface area contributed by atoms with E-state index >= 15 is 0 Å². The van der Waals surface area contributed by atoms with Gasteiger partial charge in [-0.15, -0.1) is 0 Å². The summed E-state index contributed by atoms with van der Waals surface area (Å²) < 4.78 is 18.4. The number of carboxylic acid groups (broad SMARTS) is 1. The number of anilines is 1. The van der Waals surface area contributed by atoms with Crippen LogP contribution in [0.25, 0.3) is 0 Å².